The summed E-state index contributed by atoms with van der Waals surface area (Å²) >= 11 is 0. The van der Waals surface area contributed by atoms with E-state index in [4.69, 9.17) is 10.5 Å². The third-order valence-electron chi connectivity index (χ3n) is 3.36. The summed E-state index contributed by atoms with van der Waals surface area (Å²) < 4.78 is 5.42. The first-order chi connectivity index (χ1) is 8.74. The van der Waals surface area contributed by atoms with Crippen LogP contribution in [-0.2, 0) is 4.79 Å². The number of anilines is 1. The van der Waals surface area contributed by atoms with Crippen LogP contribution in [-0.4, -0.2) is 26.6 Å². The summed E-state index contributed by atoms with van der Waals surface area (Å²) in [6, 6.07) is 3.99. The van der Waals surface area contributed by atoms with Crippen molar-refractivity contribution in [1.29, 1.82) is 0 Å². The van der Waals surface area contributed by atoms with Gasteiger partial charge in [0.2, 0.25) is 5.91 Å². The second-order valence-electron chi connectivity index (χ2n) is 5.59. The van der Waals surface area contributed by atoms with Crippen molar-refractivity contribution in [3.63, 3.8) is 0 Å². The van der Waals surface area contributed by atoms with E-state index in [1.165, 1.54) is 0 Å². The molecule has 2 N–H and O–H groups in total. The van der Waals surface area contributed by atoms with Gasteiger partial charge < -0.3 is 15.4 Å². The van der Waals surface area contributed by atoms with E-state index < -0.39 is 5.41 Å². The Morgan fingerprint density at radius 3 is 2.42 bits per heavy atom. The van der Waals surface area contributed by atoms with E-state index in [2.05, 4.69) is 0 Å². The lowest BCUT2D eigenvalue weighted by molar-refractivity contribution is -0.125. The van der Waals surface area contributed by atoms with Gasteiger partial charge in [-0.1, -0.05) is 6.07 Å². The van der Waals surface area contributed by atoms with E-state index in [-0.39, 0.29) is 5.91 Å². The number of rotatable bonds is 4. The van der Waals surface area contributed by atoms with Crippen LogP contribution in [0.2, 0.25) is 0 Å². The van der Waals surface area contributed by atoms with Crippen molar-refractivity contribution >= 4 is 11.6 Å². The molecule has 0 unspecified atom stereocenters. The summed E-state index contributed by atoms with van der Waals surface area (Å²) in [6.45, 7) is 7.98. The molecule has 4 nitrogen and oxygen atoms in total. The zero-order chi connectivity index (χ0) is 14.8. The molecular weight excluding hydrogens is 240 g/mol. The van der Waals surface area contributed by atoms with Crippen LogP contribution in [0.25, 0.3) is 0 Å². The molecule has 0 aliphatic carbocycles. The van der Waals surface area contributed by atoms with Crippen LogP contribution in [0.1, 0.15) is 25.0 Å². The Bertz CT molecular complexity index is 481. The average molecular weight is 264 g/mol. The molecule has 106 valence electrons. The third-order valence-corrected chi connectivity index (χ3v) is 3.36. The number of nitrogens with two attached hydrogens (primary N) is 1. The first-order valence-electron chi connectivity index (χ1n) is 6.38. The Morgan fingerprint density at radius 2 is 1.95 bits per heavy atom. The molecule has 0 aromatic heterocycles. The van der Waals surface area contributed by atoms with Gasteiger partial charge in [-0.25, -0.2) is 0 Å². The highest BCUT2D eigenvalue weighted by atomic mass is 16.5. The molecule has 0 saturated carbocycles. The van der Waals surface area contributed by atoms with E-state index in [1.807, 2.05) is 39.8 Å². The molecule has 1 rings (SSSR count). The number of hydrogen-bond acceptors (Lipinski definition) is 3. The average Bonchev–Trinajstić information content (AvgIpc) is 2.36. The number of carbonyl (C=O) groups is 1. The van der Waals surface area contributed by atoms with Crippen molar-refractivity contribution in [2.24, 2.45) is 11.1 Å². The van der Waals surface area contributed by atoms with Gasteiger partial charge in [-0.3, -0.25) is 4.79 Å². The van der Waals surface area contributed by atoms with E-state index in [0.717, 1.165) is 22.6 Å². The van der Waals surface area contributed by atoms with Crippen LogP contribution in [0.4, 0.5) is 5.69 Å². The largest absolute Gasteiger partial charge is 0.494 e. The summed E-state index contributed by atoms with van der Waals surface area (Å²) in [4.78, 5) is 14.1. The standard InChI is InChI=1S/C15H24N2O2/c1-10-7-11(2)13(19-6)12(8-10)17(5)14(18)15(3,4)9-16/h7-8H,9,16H2,1-6H3. The van der Waals surface area contributed by atoms with Crippen LogP contribution in [0, 0.1) is 19.3 Å². The molecule has 0 aliphatic rings. The maximum Gasteiger partial charge on any atom is 0.233 e. The van der Waals surface area contributed by atoms with Gasteiger partial charge in [0.25, 0.3) is 0 Å². The maximum absolute atomic E-state index is 12.5. The minimum atomic E-state index is -0.586. The zero-order valence-electron chi connectivity index (χ0n) is 12.7. The first-order valence-corrected chi connectivity index (χ1v) is 6.38. The molecule has 1 amide bonds. The molecule has 0 aliphatic heterocycles. The fourth-order valence-corrected chi connectivity index (χ4v) is 2.10. The van der Waals surface area contributed by atoms with Gasteiger partial charge in [0.1, 0.15) is 5.75 Å². The SMILES string of the molecule is COc1c(C)cc(C)cc1N(C)C(=O)C(C)(C)CN. The van der Waals surface area contributed by atoms with Gasteiger partial charge in [0.05, 0.1) is 18.2 Å². The Kier molecular flexibility index (Phi) is 4.58. The Balaban J connectivity index is 3.26. The molecule has 0 atom stereocenters. The summed E-state index contributed by atoms with van der Waals surface area (Å²) in [5.41, 5.74) is 7.98. The predicted molar refractivity (Wildman–Crippen MR) is 78.7 cm³/mol. The molecule has 4 heteroatoms. The normalized spacial score (nSPS) is 11.3. The predicted octanol–water partition coefficient (Wildman–Crippen LogP) is 2.26. The molecule has 1 aromatic rings. The topological polar surface area (TPSA) is 55.6 Å². The number of aryl methyl sites for hydroxylation is 2. The van der Waals surface area contributed by atoms with Crippen molar-refractivity contribution in [2.45, 2.75) is 27.7 Å². The highest BCUT2D eigenvalue weighted by Gasteiger charge is 2.31. The zero-order valence-corrected chi connectivity index (χ0v) is 12.7. The number of benzene rings is 1. The van der Waals surface area contributed by atoms with Gasteiger partial charge in [-0.2, -0.15) is 0 Å². The number of methoxy groups -OCH3 is 1. The van der Waals surface area contributed by atoms with Crippen molar-refractivity contribution < 1.29 is 9.53 Å². The second kappa shape index (κ2) is 5.61. The summed E-state index contributed by atoms with van der Waals surface area (Å²) in [7, 11) is 3.38. The van der Waals surface area contributed by atoms with Gasteiger partial charge in [0, 0.05) is 13.6 Å². The highest BCUT2D eigenvalue weighted by molar-refractivity contribution is 5.98. The van der Waals surface area contributed by atoms with Gasteiger partial charge in [0.15, 0.2) is 0 Å². The summed E-state index contributed by atoms with van der Waals surface area (Å²) in [5.74, 6) is 0.715. The van der Waals surface area contributed by atoms with E-state index >= 15 is 0 Å². The second-order valence-corrected chi connectivity index (χ2v) is 5.59. The van der Waals surface area contributed by atoms with Crippen molar-refractivity contribution in [1.82, 2.24) is 0 Å². The Morgan fingerprint density at radius 1 is 1.37 bits per heavy atom. The quantitative estimate of drug-likeness (QED) is 0.907. The van der Waals surface area contributed by atoms with Crippen molar-refractivity contribution in [3.8, 4) is 5.75 Å². The fourth-order valence-electron chi connectivity index (χ4n) is 2.10. The molecule has 0 radical (unpaired) electrons. The Labute approximate surface area is 115 Å². The Hall–Kier alpha value is -1.55. The van der Waals surface area contributed by atoms with Crippen LogP contribution in [0.15, 0.2) is 12.1 Å². The molecule has 19 heavy (non-hydrogen) atoms. The molecule has 0 heterocycles. The lowest BCUT2D eigenvalue weighted by atomic mass is 9.91. The summed E-state index contributed by atoms with van der Waals surface area (Å²) in [6.07, 6.45) is 0. The van der Waals surface area contributed by atoms with Crippen LogP contribution in [0.3, 0.4) is 0 Å². The molecular formula is C15H24N2O2. The minimum absolute atomic E-state index is 0.0155. The van der Waals surface area contributed by atoms with E-state index in [9.17, 15) is 4.79 Å². The fraction of sp³-hybridized carbons (Fsp3) is 0.533. The number of amides is 1. The lowest BCUT2D eigenvalue weighted by Gasteiger charge is -2.29. The number of nitrogens with zero attached hydrogens (tertiary/aromatic N) is 1. The molecule has 0 saturated heterocycles. The van der Waals surface area contributed by atoms with Crippen molar-refractivity contribution in [3.05, 3.63) is 23.3 Å². The van der Waals surface area contributed by atoms with E-state index in [1.54, 1.807) is 19.1 Å². The molecule has 0 fully saturated rings. The smallest absolute Gasteiger partial charge is 0.233 e. The van der Waals surface area contributed by atoms with Gasteiger partial charge in [-0.05, 0) is 44.9 Å². The number of carbonyl (C=O) groups excluding carboxylic acids is 1. The highest BCUT2D eigenvalue weighted by Crippen LogP contribution is 2.34. The third kappa shape index (κ3) is 3.07. The molecule has 0 spiro atoms. The van der Waals surface area contributed by atoms with Crippen LogP contribution >= 0.6 is 0 Å². The van der Waals surface area contributed by atoms with Gasteiger partial charge >= 0.3 is 0 Å². The summed E-state index contributed by atoms with van der Waals surface area (Å²) in [5, 5.41) is 0. The monoisotopic (exact) mass is 264 g/mol. The van der Waals surface area contributed by atoms with E-state index in [0.29, 0.717) is 6.54 Å². The lowest BCUT2D eigenvalue weighted by Crippen LogP contribution is -2.43. The molecule has 1 aromatic carbocycles. The maximum atomic E-state index is 12.5. The molecule has 0 bridgehead atoms. The van der Waals surface area contributed by atoms with Crippen molar-refractivity contribution in [2.75, 3.05) is 25.6 Å². The van der Waals surface area contributed by atoms with Crippen LogP contribution < -0.4 is 15.4 Å². The number of ether oxygens (including phenoxy) is 1. The van der Waals surface area contributed by atoms with Gasteiger partial charge in [-0.15, -0.1) is 0 Å². The minimum Gasteiger partial charge on any atom is -0.494 e. The van der Waals surface area contributed by atoms with Crippen LogP contribution in [0.5, 0.6) is 5.75 Å². The first kappa shape index (κ1) is 15.5. The number of hydrogen-bond donors (Lipinski definition) is 1.